The lowest BCUT2D eigenvalue weighted by atomic mass is 9.99. The molecule has 0 saturated carbocycles. The molecule has 2 rings (SSSR count). The summed E-state index contributed by atoms with van der Waals surface area (Å²) in [6.45, 7) is 0. The van der Waals surface area contributed by atoms with Crippen molar-refractivity contribution in [3.05, 3.63) is 71.3 Å². The van der Waals surface area contributed by atoms with Crippen molar-refractivity contribution in [2.45, 2.75) is 12.5 Å². The number of nitrogens with two attached hydrogens (primary N) is 1. The summed E-state index contributed by atoms with van der Waals surface area (Å²) in [4.78, 5) is 0. The fourth-order valence-electron chi connectivity index (χ4n) is 1.85. The van der Waals surface area contributed by atoms with Gasteiger partial charge in [-0.3, -0.25) is 11.3 Å². The molecular weight excluding hydrogens is 234 g/mol. The summed E-state index contributed by atoms with van der Waals surface area (Å²) < 4.78 is 25.9. The minimum atomic E-state index is -0.299. The lowest BCUT2D eigenvalue weighted by Crippen LogP contribution is -2.29. The average molecular weight is 248 g/mol. The van der Waals surface area contributed by atoms with Crippen molar-refractivity contribution in [3.63, 3.8) is 0 Å². The van der Waals surface area contributed by atoms with Crippen molar-refractivity contribution in [1.82, 2.24) is 5.43 Å². The molecule has 0 amide bonds. The highest BCUT2D eigenvalue weighted by atomic mass is 19.1. The first-order chi connectivity index (χ1) is 8.69. The van der Waals surface area contributed by atoms with Crippen LogP contribution in [0.5, 0.6) is 0 Å². The van der Waals surface area contributed by atoms with Gasteiger partial charge < -0.3 is 0 Å². The third-order valence-corrected chi connectivity index (χ3v) is 2.81. The fraction of sp³-hybridized carbons (Fsp3) is 0.143. The summed E-state index contributed by atoms with van der Waals surface area (Å²) in [5.74, 6) is 4.91. The second-order valence-corrected chi connectivity index (χ2v) is 4.10. The maximum absolute atomic E-state index is 13.1. The predicted octanol–water partition coefficient (Wildman–Crippen LogP) is 2.71. The molecule has 0 bridgehead atoms. The molecule has 0 aliphatic rings. The van der Waals surface area contributed by atoms with E-state index in [0.29, 0.717) is 6.42 Å². The normalized spacial score (nSPS) is 12.4. The Balaban J connectivity index is 2.17. The number of hydrogen-bond acceptors (Lipinski definition) is 2. The molecule has 94 valence electrons. The number of hydrogen-bond donors (Lipinski definition) is 2. The van der Waals surface area contributed by atoms with E-state index in [1.54, 1.807) is 24.3 Å². The van der Waals surface area contributed by atoms with E-state index in [1.165, 1.54) is 24.3 Å². The number of hydrazine groups is 1. The quantitative estimate of drug-likeness (QED) is 0.645. The van der Waals surface area contributed by atoms with Gasteiger partial charge in [0.15, 0.2) is 0 Å². The summed E-state index contributed by atoms with van der Waals surface area (Å²) in [5, 5.41) is 0. The molecule has 0 fully saturated rings. The molecule has 2 aromatic rings. The molecule has 2 nitrogen and oxygen atoms in total. The molecule has 1 atom stereocenters. The van der Waals surface area contributed by atoms with Crippen LogP contribution in [0.1, 0.15) is 17.2 Å². The Bertz CT molecular complexity index is 511. The molecule has 0 radical (unpaired) electrons. The Kier molecular flexibility index (Phi) is 4.02. The first-order valence-corrected chi connectivity index (χ1v) is 5.65. The SMILES string of the molecule is NNC(Cc1ccc(F)cc1)c1cccc(F)c1. The van der Waals surface area contributed by atoms with Crippen LogP contribution in [-0.4, -0.2) is 0 Å². The number of benzene rings is 2. The maximum Gasteiger partial charge on any atom is 0.123 e. The molecule has 0 spiro atoms. The van der Waals surface area contributed by atoms with Gasteiger partial charge in [-0.2, -0.15) is 0 Å². The highest BCUT2D eigenvalue weighted by Crippen LogP contribution is 2.18. The summed E-state index contributed by atoms with van der Waals surface area (Å²) >= 11 is 0. The van der Waals surface area contributed by atoms with Crippen LogP contribution in [0.2, 0.25) is 0 Å². The van der Waals surface area contributed by atoms with E-state index < -0.39 is 0 Å². The molecule has 2 aromatic carbocycles. The van der Waals surface area contributed by atoms with Gasteiger partial charge >= 0.3 is 0 Å². The van der Waals surface area contributed by atoms with Crippen molar-refractivity contribution in [2.24, 2.45) is 5.84 Å². The van der Waals surface area contributed by atoms with E-state index in [0.717, 1.165) is 11.1 Å². The number of rotatable bonds is 4. The number of nitrogens with one attached hydrogen (secondary N) is 1. The topological polar surface area (TPSA) is 38.0 Å². The maximum atomic E-state index is 13.1. The van der Waals surface area contributed by atoms with Crippen LogP contribution in [-0.2, 0) is 6.42 Å². The van der Waals surface area contributed by atoms with E-state index >= 15 is 0 Å². The minimum Gasteiger partial charge on any atom is -0.271 e. The minimum absolute atomic E-state index is 0.203. The average Bonchev–Trinajstić information content (AvgIpc) is 2.38. The summed E-state index contributed by atoms with van der Waals surface area (Å²) in [6, 6.07) is 12.2. The van der Waals surface area contributed by atoms with Crippen LogP contribution >= 0.6 is 0 Å². The van der Waals surface area contributed by atoms with Crippen molar-refractivity contribution < 1.29 is 8.78 Å². The van der Waals surface area contributed by atoms with Crippen molar-refractivity contribution >= 4 is 0 Å². The lowest BCUT2D eigenvalue weighted by Gasteiger charge is -2.16. The van der Waals surface area contributed by atoms with Gasteiger partial charge in [0.25, 0.3) is 0 Å². The van der Waals surface area contributed by atoms with Crippen molar-refractivity contribution in [2.75, 3.05) is 0 Å². The second kappa shape index (κ2) is 5.71. The van der Waals surface area contributed by atoms with Crippen LogP contribution < -0.4 is 11.3 Å². The molecule has 0 saturated heterocycles. The molecule has 1 unspecified atom stereocenters. The van der Waals surface area contributed by atoms with Crippen LogP contribution in [0.4, 0.5) is 8.78 Å². The van der Waals surface area contributed by atoms with Crippen LogP contribution in [0.3, 0.4) is 0 Å². The zero-order chi connectivity index (χ0) is 13.0. The van der Waals surface area contributed by atoms with Gasteiger partial charge in [0.1, 0.15) is 11.6 Å². The highest BCUT2D eigenvalue weighted by Gasteiger charge is 2.11. The van der Waals surface area contributed by atoms with E-state index in [1.807, 2.05) is 0 Å². The molecule has 0 aliphatic heterocycles. The molecule has 0 heterocycles. The summed E-state index contributed by atoms with van der Waals surface area (Å²) in [7, 11) is 0. The smallest absolute Gasteiger partial charge is 0.123 e. The van der Waals surface area contributed by atoms with Crippen molar-refractivity contribution in [1.29, 1.82) is 0 Å². The van der Waals surface area contributed by atoms with Gasteiger partial charge in [-0.05, 0) is 41.8 Å². The first-order valence-electron chi connectivity index (χ1n) is 5.65. The molecule has 0 aromatic heterocycles. The predicted molar refractivity (Wildman–Crippen MR) is 66.6 cm³/mol. The van der Waals surface area contributed by atoms with Crippen LogP contribution in [0.25, 0.3) is 0 Å². The van der Waals surface area contributed by atoms with E-state index in [4.69, 9.17) is 5.84 Å². The summed E-state index contributed by atoms with van der Waals surface area (Å²) in [5.41, 5.74) is 4.35. The van der Waals surface area contributed by atoms with Gasteiger partial charge in [0, 0.05) is 0 Å². The van der Waals surface area contributed by atoms with Gasteiger partial charge in [-0.1, -0.05) is 24.3 Å². The standard InChI is InChI=1S/C14H14F2N2/c15-12-6-4-10(5-7-12)8-14(18-17)11-2-1-3-13(16)9-11/h1-7,9,14,18H,8,17H2. The second-order valence-electron chi connectivity index (χ2n) is 4.10. The number of halogens is 2. The highest BCUT2D eigenvalue weighted by molar-refractivity contribution is 5.24. The zero-order valence-electron chi connectivity index (χ0n) is 9.74. The third-order valence-electron chi connectivity index (χ3n) is 2.81. The van der Waals surface area contributed by atoms with E-state index in [-0.39, 0.29) is 17.7 Å². The van der Waals surface area contributed by atoms with Crippen molar-refractivity contribution in [3.8, 4) is 0 Å². The first kappa shape index (κ1) is 12.7. The van der Waals surface area contributed by atoms with E-state index in [2.05, 4.69) is 5.43 Å². The van der Waals surface area contributed by atoms with Crippen LogP contribution in [0.15, 0.2) is 48.5 Å². The van der Waals surface area contributed by atoms with Gasteiger partial charge in [-0.25, -0.2) is 8.78 Å². The molecule has 4 heteroatoms. The Morgan fingerprint density at radius 2 is 1.72 bits per heavy atom. The Morgan fingerprint density at radius 3 is 2.33 bits per heavy atom. The molecular formula is C14H14F2N2. The Labute approximate surface area is 104 Å². The Hall–Kier alpha value is -1.78. The third kappa shape index (κ3) is 3.12. The zero-order valence-corrected chi connectivity index (χ0v) is 9.74. The molecule has 18 heavy (non-hydrogen) atoms. The van der Waals surface area contributed by atoms with Gasteiger partial charge in [-0.15, -0.1) is 0 Å². The van der Waals surface area contributed by atoms with Crippen LogP contribution in [0, 0.1) is 11.6 Å². The molecule has 3 N–H and O–H groups in total. The Morgan fingerprint density at radius 1 is 1.00 bits per heavy atom. The lowest BCUT2D eigenvalue weighted by molar-refractivity contribution is 0.543. The fourth-order valence-corrected chi connectivity index (χ4v) is 1.85. The monoisotopic (exact) mass is 248 g/mol. The summed E-state index contributed by atoms with van der Waals surface area (Å²) in [6.07, 6.45) is 0.570. The van der Waals surface area contributed by atoms with Gasteiger partial charge in [0.2, 0.25) is 0 Å². The largest absolute Gasteiger partial charge is 0.271 e. The van der Waals surface area contributed by atoms with Gasteiger partial charge in [0.05, 0.1) is 6.04 Å². The molecule has 0 aliphatic carbocycles. The van der Waals surface area contributed by atoms with E-state index in [9.17, 15) is 8.78 Å².